The van der Waals surface area contributed by atoms with Gasteiger partial charge < -0.3 is 4.74 Å². The Labute approximate surface area is 133 Å². The van der Waals surface area contributed by atoms with Crippen LogP contribution in [-0.4, -0.2) is 18.0 Å². The Hall–Kier alpha value is -2.24. The van der Waals surface area contributed by atoms with Crippen molar-refractivity contribution < 1.29 is 18.3 Å². The molecule has 2 aliphatic rings. The Kier molecular flexibility index (Phi) is 3.70. The molecule has 0 saturated carbocycles. The van der Waals surface area contributed by atoms with E-state index in [1.807, 2.05) is 26.8 Å². The van der Waals surface area contributed by atoms with Crippen LogP contribution in [0.15, 0.2) is 35.0 Å². The number of ether oxygens (including phenoxy) is 1. The molecule has 2 aliphatic heterocycles. The first-order chi connectivity index (χ1) is 10.8. The summed E-state index contributed by atoms with van der Waals surface area (Å²) in [4.78, 5) is 17.6. The minimum atomic E-state index is -0.782. The zero-order chi connectivity index (χ0) is 16.8. The average Bonchev–Trinajstić information content (AvgIpc) is 2.73. The summed E-state index contributed by atoms with van der Waals surface area (Å²) in [6.07, 6.45) is 1.89. The standard InChI is InChI=1S/C17H18F2N2O2/c1-17(2,3)13-9-14(20-13)23-16-7-6-15(22)21(16)12-5-4-10(18)8-11(12)19/h4-5,8-9,16H,6-7H2,1-3H3. The monoisotopic (exact) mass is 320 g/mol. The van der Waals surface area contributed by atoms with E-state index in [1.54, 1.807) is 0 Å². The Balaban J connectivity index is 1.77. The van der Waals surface area contributed by atoms with Gasteiger partial charge in [0.25, 0.3) is 0 Å². The molecule has 0 bridgehead atoms. The highest BCUT2D eigenvalue weighted by atomic mass is 19.1. The summed E-state index contributed by atoms with van der Waals surface area (Å²) in [5, 5.41) is 0. The molecular formula is C17H18F2N2O2. The number of anilines is 1. The highest BCUT2D eigenvalue weighted by Crippen LogP contribution is 2.34. The molecule has 4 nitrogen and oxygen atoms in total. The largest absolute Gasteiger partial charge is 0.453 e. The van der Waals surface area contributed by atoms with E-state index >= 15 is 0 Å². The number of carbonyl (C=O) groups is 1. The van der Waals surface area contributed by atoms with Crippen LogP contribution in [0.4, 0.5) is 14.5 Å². The molecule has 3 rings (SSSR count). The van der Waals surface area contributed by atoms with E-state index in [0.717, 1.165) is 17.8 Å². The maximum atomic E-state index is 14.0. The summed E-state index contributed by atoms with van der Waals surface area (Å²) >= 11 is 0. The number of carbonyl (C=O) groups excluding carboxylic acids is 1. The molecule has 6 heteroatoms. The minimum absolute atomic E-state index is 0.0267. The fourth-order valence-electron chi connectivity index (χ4n) is 2.55. The van der Waals surface area contributed by atoms with Gasteiger partial charge in [0.05, 0.1) is 11.4 Å². The predicted molar refractivity (Wildman–Crippen MR) is 82.9 cm³/mol. The van der Waals surface area contributed by atoms with Crippen molar-refractivity contribution >= 4 is 17.5 Å². The number of hydrogen-bond donors (Lipinski definition) is 0. The Bertz CT molecular complexity index is 720. The Morgan fingerprint density at radius 1 is 1.30 bits per heavy atom. The number of nitrogens with zero attached hydrogens (tertiary/aromatic N) is 2. The number of hydrogen-bond acceptors (Lipinski definition) is 3. The molecule has 1 amide bonds. The lowest BCUT2D eigenvalue weighted by atomic mass is 9.90. The molecule has 122 valence electrons. The predicted octanol–water partition coefficient (Wildman–Crippen LogP) is 3.78. The van der Waals surface area contributed by atoms with Crippen molar-refractivity contribution in [2.75, 3.05) is 4.90 Å². The van der Waals surface area contributed by atoms with E-state index in [2.05, 4.69) is 4.99 Å². The number of aliphatic imine (C=N–C) groups is 1. The third-order valence-corrected chi connectivity index (χ3v) is 3.85. The van der Waals surface area contributed by atoms with Gasteiger partial charge in [0.1, 0.15) is 11.6 Å². The number of rotatable bonds is 2. The van der Waals surface area contributed by atoms with Gasteiger partial charge in [-0.25, -0.2) is 13.8 Å². The second kappa shape index (κ2) is 5.44. The highest BCUT2D eigenvalue weighted by molar-refractivity contribution is 5.98. The first-order valence-corrected chi connectivity index (χ1v) is 7.50. The first kappa shape index (κ1) is 15.6. The quantitative estimate of drug-likeness (QED) is 0.832. The molecule has 0 aromatic heterocycles. The minimum Gasteiger partial charge on any atom is -0.453 e. The van der Waals surface area contributed by atoms with Crippen LogP contribution in [0.25, 0.3) is 0 Å². The molecule has 0 spiro atoms. The maximum Gasteiger partial charge on any atom is 0.230 e. The molecule has 1 saturated heterocycles. The van der Waals surface area contributed by atoms with E-state index in [0.29, 0.717) is 12.3 Å². The van der Waals surface area contributed by atoms with Gasteiger partial charge in [-0.05, 0) is 12.1 Å². The Morgan fingerprint density at radius 3 is 2.61 bits per heavy atom. The summed E-state index contributed by atoms with van der Waals surface area (Å²) in [5.41, 5.74) is 0.872. The first-order valence-electron chi connectivity index (χ1n) is 7.50. The van der Waals surface area contributed by atoms with Crippen LogP contribution >= 0.6 is 0 Å². The van der Waals surface area contributed by atoms with Gasteiger partial charge in [-0.3, -0.25) is 9.69 Å². The average molecular weight is 320 g/mol. The molecule has 1 atom stereocenters. The molecule has 1 fully saturated rings. The van der Waals surface area contributed by atoms with Crippen LogP contribution in [-0.2, 0) is 9.53 Å². The van der Waals surface area contributed by atoms with Crippen molar-refractivity contribution in [3.05, 3.63) is 41.6 Å². The second-order valence-corrected chi connectivity index (χ2v) is 6.70. The summed E-state index contributed by atoms with van der Waals surface area (Å²) in [7, 11) is 0. The van der Waals surface area contributed by atoms with Crippen LogP contribution in [0.1, 0.15) is 33.6 Å². The summed E-state index contributed by atoms with van der Waals surface area (Å²) in [5.74, 6) is -1.28. The topological polar surface area (TPSA) is 41.9 Å². The van der Waals surface area contributed by atoms with Gasteiger partial charge in [-0.1, -0.05) is 20.8 Å². The van der Waals surface area contributed by atoms with Gasteiger partial charge in [0, 0.05) is 30.4 Å². The third-order valence-electron chi connectivity index (χ3n) is 3.85. The van der Waals surface area contributed by atoms with Crippen molar-refractivity contribution in [3.8, 4) is 0 Å². The number of allylic oxidation sites excluding steroid dienone is 1. The van der Waals surface area contributed by atoms with Crippen molar-refractivity contribution in [1.29, 1.82) is 0 Å². The fourth-order valence-corrected chi connectivity index (χ4v) is 2.55. The molecule has 1 aromatic rings. The smallest absolute Gasteiger partial charge is 0.230 e. The number of halogens is 2. The van der Waals surface area contributed by atoms with Crippen LogP contribution in [0.2, 0.25) is 0 Å². The van der Waals surface area contributed by atoms with E-state index in [4.69, 9.17) is 4.74 Å². The van der Waals surface area contributed by atoms with Crippen molar-refractivity contribution in [2.24, 2.45) is 10.4 Å². The van der Waals surface area contributed by atoms with E-state index in [1.165, 1.54) is 11.0 Å². The molecule has 0 aliphatic carbocycles. The van der Waals surface area contributed by atoms with Gasteiger partial charge in [-0.2, -0.15) is 0 Å². The lowest BCUT2D eigenvalue weighted by molar-refractivity contribution is -0.117. The maximum absolute atomic E-state index is 14.0. The molecule has 1 aromatic carbocycles. The molecule has 0 radical (unpaired) electrons. The number of benzene rings is 1. The van der Waals surface area contributed by atoms with E-state index in [9.17, 15) is 13.6 Å². The van der Waals surface area contributed by atoms with Gasteiger partial charge in [0.2, 0.25) is 11.8 Å². The third kappa shape index (κ3) is 2.98. The van der Waals surface area contributed by atoms with Gasteiger partial charge in [-0.15, -0.1) is 0 Å². The van der Waals surface area contributed by atoms with Crippen LogP contribution in [0.3, 0.4) is 0 Å². The van der Waals surface area contributed by atoms with Crippen molar-refractivity contribution in [3.63, 3.8) is 0 Å². The van der Waals surface area contributed by atoms with Crippen molar-refractivity contribution in [2.45, 2.75) is 39.8 Å². The van der Waals surface area contributed by atoms with E-state index < -0.39 is 17.9 Å². The lowest BCUT2D eigenvalue weighted by Crippen LogP contribution is -2.37. The van der Waals surface area contributed by atoms with Gasteiger partial charge >= 0.3 is 0 Å². The molecule has 0 N–H and O–H groups in total. The summed E-state index contributed by atoms with van der Waals surface area (Å²) in [6, 6.07) is 3.14. The van der Waals surface area contributed by atoms with E-state index in [-0.39, 0.29) is 23.4 Å². The summed E-state index contributed by atoms with van der Waals surface area (Å²) in [6.45, 7) is 6.12. The lowest BCUT2D eigenvalue weighted by Gasteiger charge is -2.30. The molecule has 1 unspecified atom stereocenters. The molecule has 23 heavy (non-hydrogen) atoms. The normalized spacial score (nSPS) is 21.0. The fraction of sp³-hybridized carbons (Fsp3) is 0.412. The number of amides is 1. The molecular weight excluding hydrogens is 302 g/mol. The Morgan fingerprint density at radius 2 is 2.00 bits per heavy atom. The van der Waals surface area contributed by atoms with Gasteiger partial charge in [0.15, 0.2) is 6.23 Å². The summed E-state index contributed by atoms with van der Waals surface area (Å²) < 4.78 is 32.7. The van der Waals surface area contributed by atoms with Crippen LogP contribution < -0.4 is 4.90 Å². The van der Waals surface area contributed by atoms with Crippen molar-refractivity contribution in [1.82, 2.24) is 0 Å². The zero-order valence-electron chi connectivity index (χ0n) is 13.3. The zero-order valence-corrected chi connectivity index (χ0v) is 13.3. The SMILES string of the molecule is CC(C)(C)C1=CC(OC2CCC(=O)N2c2ccc(F)cc2F)=N1. The van der Waals surface area contributed by atoms with Crippen LogP contribution in [0, 0.1) is 17.0 Å². The second-order valence-electron chi connectivity index (χ2n) is 6.70. The van der Waals surface area contributed by atoms with Crippen LogP contribution in [0.5, 0.6) is 0 Å². The highest BCUT2D eigenvalue weighted by Gasteiger charge is 2.37. The molecule has 2 heterocycles.